The van der Waals surface area contributed by atoms with Crippen molar-refractivity contribution in [3.8, 4) is 0 Å². The lowest BCUT2D eigenvalue weighted by atomic mass is 10.2. The second-order valence-electron chi connectivity index (χ2n) is 7.49. The molecule has 1 aromatic carbocycles. The van der Waals surface area contributed by atoms with E-state index in [1.807, 2.05) is 0 Å². The Morgan fingerprint density at radius 2 is 1.33 bits per heavy atom. The van der Waals surface area contributed by atoms with Crippen molar-refractivity contribution in [2.45, 2.75) is 60.4 Å². The highest BCUT2D eigenvalue weighted by molar-refractivity contribution is 7.89. The van der Waals surface area contributed by atoms with Gasteiger partial charge in [0.15, 0.2) is 0 Å². The third-order valence-corrected chi connectivity index (χ3v) is 9.53. The van der Waals surface area contributed by atoms with E-state index in [0.29, 0.717) is 26.3 Å². The summed E-state index contributed by atoms with van der Waals surface area (Å²) < 4.78 is 60.2. The van der Waals surface area contributed by atoms with E-state index in [1.54, 1.807) is 4.31 Å². The van der Waals surface area contributed by atoms with E-state index in [4.69, 9.17) is 4.74 Å². The average molecular weight is 415 g/mol. The Bertz CT molecular complexity index is 867. The van der Waals surface area contributed by atoms with Crippen molar-refractivity contribution in [3.63, 3.8) is 0 Å². The summed E-state index contributed by atoms with van der Waals surface area (Å²) in [4.78, 5) is 0.310. The van der Waals surface area contributed by atoms with Crippen LogP contribution in [0.1, 0.15) is 38.5 Å². The summed E-state index contributed by atoms with van der Waals surface area (Å²) in [5, 5.41) is 0. The molecule has 1 aromatic rings. The van der Waals surface area contributed by atoms with Gasteiger partial charge in [0.25, 0.3) is 0 Å². The molecule has 4 rings (SSSR count). The van der Waals surface area contributed by atoms with E-state index < -0.39 is 20.0 Å². The second kappa shape index (κ2) is 7.44. The molecule has 27 heavy (non-hydrogen) atoms. The Hall–Kier alpha value is -1.00. The molecule has 0 atom stereocenters. The molecule has 0 bridgehead atoms. The van der Waals surface area contributed by atoms with Crippen LogP contribution in [0, 0.1) is 0 Å². The van der Waals surface area contributed by atoms with Gasteiger partial charge in [0, 0.05) is 25.2 Å². The summed E-state index contributed by atoms with van der Waals surface area (Å²) >= 11 is 0. The average Bonchev–Trinajstić information content (AvgIpc) is 3.35. The van der Waals surface area contributed by atoms with Crippen LogP contribution in [0.2, 0.25) is 0 Å². The molecule has 0 N–H and O–H groups in total. The third kappa shape index (κ3) is 3.80. The van der Waals surface area contributed by atoms with Gasteiger partial charge in [-0.3, -0.25) is 0 Å². The lowest BCUT2D eigenvalue weighted by molar-refractivity contribution is 0.0730. The maximum Gasteiger partial charge on any atom is 0.243 e. The molecule has 0 radical (unpaired) electrons. The number of hydrogen-bond donors (Lipinski definition) is 0. The molecular formula is C18H26N2O5S2. The first-order valence-corrected chi connectivity index (χ1v) is 12.5. The first kappa shape index (κ1) is 19.3. The molecule has 7 nitrogen and oxygen atoms in total. The predicted molar refractivity (Wildman–Crippen MR) is 100 cm³/mol. The second-order valence-corrected chi connectivity index (χ2v) is 11.3. The molecule has 150 valence electrons. The fourth-order valence-electron chi connectivity index (χ4n) is 4.02. The molecule has 3 aliphatic rings. The number of hydrogen-bond acceptors (Lipinski definition) is 5. The Kier molecular flexibility index (Phi) is 5.32. The summed E-state index contributed by atoms with van der Waals surface area (Å²) in [6.45, 7) is 1.39. The van der Waals surface area contributed by atoms with Gasteiger partial charge in [-0.15, -0.1) is 0 Å². The van der Waals surface area contributed by atoms with Gasteiger partial charge in [-0.2, -0.15) is 8.61 Å². The van der Waals surface area contributed by atoms with Crippen LogP contribution in [0.15, 0.2) is 34.1 Å². The number of rotatable bonds is 6. The van der Waals surface area contributed by atoms with Crippen molar-refractivity contribution in [3.05, 3.63) is 24.3 Å². The van der Waals surface area contributed by atoms with Gasteiger partial charge in [0.1, 0.15) is 0 Å². The number of morpholine rings is 1. The summed E-state index contributed by atoms with van der Waals surface area (Å²) in [5.74, 6) is 0. The monoisotopic (exact) mass is 414 g/mol. The zero-order valence-corrected chi connectivity index (χ0v) is 16.9. The SMILES string of the molecule is O=S(=O)(c1ccc(S(=O)(=O)N(C2CCCC2)C2CC2)cc1)N1CCOCC1. The highest BCUT2D eigenvalue weighted by atomic mass is 32.2. The highest BCUT2D eigenvalue weighted by Gasteiger charge is 2.43. The molecule has 1 heterocycles. The van der Waals surface area contributed by atoms with Gasteiger partial charge >= 0.3 is 0 Å². The van der Waals surface area contributed by atoms with Gasteiger partial charge in [-0.25, -0.2) is 16.8 Å². The quantitative estimate of drug-likeness (QED) is 0.709. The summed E-state index contributed by atoms with van der Waals surface area (Å²) in [6.07, 6.45) is 5.80. The molecule has 9 heteroatoms. The van der Waals surface area contributed by atoms with E-state index in [9.17, 15) is 16.8 Å². The van der Waals surface area contributed by atoms with Crippen LogP contribution in [0.25, 0.3) is 0 Å². The fourth-order valence-corrected chi connectivity index (χ4v) is 7.36. The van der Waals surface area contributed by atoms with Gasteiger partial charge in [-0.05, 0) is 49.9 Å². The maximum absolute atomic E-state index is 13.2. The smallest absolute Gasteiger partial charge is 0.243 e. The minimum absolute atomic E-state index is 0.0826. The Labute approximate surface area is 161 Å². The van der Waals surface area contributed by atoms with Crippen molar-refractivity contribution in [2.75, 3.05) is 26.3 Å². The van der Waals surface area contributed by atoms with Crippen LogP contribution in [-0.4, -0.2) is 63.8 Å². The lowest BCUT2D eigenvalue weighted by Crippen LogP contribution is -2.41. The van der Waals surface area contributed by atoms with E-state index in [1.165, 1.54) is 28.6 Å². The van der Waals surface area contributed by atoms with Gasteiger partial charge in [0.2, 0.25) is 20.0 Å². The molecule has 0 amide bonds. The summed E-state index contributed by atoms with van der Waals surface area (Å²) in [6, 6.07) is 5.89. The molecule has 2 saturated carbocycles. The summed E-state index contributed by atoms with van der Waals surface area (Å²) in [5.41, 5.74) is 0. The zero-order valence-electron chi connectivity index (χ0n) is 15.3. The van der Waals surface area contributed by atoms with E-state index in [0.717, 1.165) is 38.5 Å². The standard InChI is InChI=1S/C18H26N2O5S2/c21-26(22,19-11-13-25-14-12-19)17-7-9-18(10-8-17)27(23,24)20(16-5-6-16)15-3-1-2-4-15/h7-10,15-16H,1-6,11-14H2. The largest absolute Gasteiger partial charge is 0.379 e. The van der Waals surface area contributed by atoms with Crippen LogP contribution in [0.5, 0.6) is 0 Å². The van der Waals surface area contributed by atoms with Crippen molar-refractivity contribution in [2.24, 2.45) is 0 Å². The molecule has 0 aromatic heterocycles. The van der Waals surface area contributed by atoms with Gasteiger partial charge < -0.3 is 4.74 Å². The van der Waals surface area contributed by atoms with Crippen molar-refractivity contribution >= 4 is 20.0 Å². The topological polar surface area (TPSA) is 84.0 Å². The van der Waals surface area contributed by atoms with Crippen LogP contribution in [-0.2, 0) is 24.8 Å². The Morgan fingerprint density at radius 1 is 0.815 bits per heavy atom. The number of benzene rings is 1. The summed E-state index contributed by atoms with van der Waals surface area (Å²) in [7, 11) is -7.22. The number of nitrogens with zero attached hydrogens (tertiary/aromatic N) is 2. The molecule has 0 unspecified atom stereocenters. The molecule has 3 fully saturated rings. The first-order chi connectivity index (χ1) is 12.9. The molecule has 1 saturated heterocycles. The van der Waals surface area contributed by atoms with E-state index in [-0.39, 0.29) is 21.9 Å². The van der Waals surface area contributed by atoms with Crippen LogP contribution >= 0.6 is 0 Å². The fraction of sp³-hybridized carbons (Fsp3) is 0.667. The minimum atomic E-state index is -3.62. The maximum atomic E-state index is 13.2. The lowest BCUT2D eigenvalue weighted by Gasteiger charge is -2.28. The molecule has 0 spiro atoms. The zero-order chi connectivity index (χ0) is 19.1. The molecular weight excluding hydrogens is 388 g/mol. The first-order valence-electron chi connectivity index (χ1n) is 9.62. The van der Waals surface area contributed by atoms with Crippen molar-refractivity contribution in [1.29, 1.82) is 0 Å². The Balaban J connectivity index is 1.59. The highest BCUT2D eigenvalue weighted by Crippen LogP contribution is 2.38. The number of ether oxygens (including phenoxy) is 1. The number of sulfonamides is 2. The van der Waals surface area contributed by atoms with Crippen LogP contribution < -0.4 is 0 Å². The van der Waals surface area contributed by atoms with E-state index >= 15 is 0 Å². The normalized spacial score (nSPS) is 23.1. The molecule has 2 aliphatic carbocycles. The molecule has 1 aliphatic heterocycles. The van der Waals surface area contributed by atoms with Crippen molar-refractivity contribution < 1.29 is 21.6 Å². The van der Waals surface area contributed by atoms with Gasteiger partial charge in [0.05, 0.1) is 23.0 Å². The van der Waals surface area contributed by atoms with Crippen LogP contribution in [0.3, 0.4) is 0 Å². The third-order valence-electron chi connectivity index (χ3n) is 5.60. The minimum Gasteiger partial charge on any atom is -0.379 e. The van der Waals surface area contributed by atoms with Crippen LogP contribution in [0.4, 0.5) is 0 Å². The predicted octanol–water partition coefficient (Wildman–Crippen LogP) is 1.80. The van der Waals surface area contributed by atoms with E-state index in [2.05, 4.69) is 0 Å². The Morgan fingerprint density at radius 3 is 1.89 bits per heavy atom. The van der Waals surface area contributed by atoms with Gasteiger partial charge in [-0.1, -0.05) is 12.8 Å². The van der Waals surface area contributed by atoms with Crippen molar-refractivity contribution in [1.82, 2.24) is 8.61 Å².